The zero-order valence-electron chi connectivity index (χ0n) is 27.8. The van der Waals surface area contributed by atoms with Gasteiger partial charge in [-0.05, 0) is 52.5 Å². The summed E-state index contributed by atoms with van der Waals surface area (Å²) in [5.74, 6) is -2.99. The Morgan fingerprint density at radius 2 is 1.67 bits per heavy atom. The van der Waals surface area contributed by atoms with Gasteiger partial charge in [-0.1, -0.05) is 44.2 Å². The van der Waals surface area contributed by atoms with Crippen molar-refractivity contribution in [3.05, 3.63) is 35.9 Å². The first kappa shape index (κ1) is 36.2. The average Bonchev–Trinajstić information content (AvgIpc) is 3.44. The number of esters is 2. The summed E-state index contributed by atoms with van der Waals surface area (Å²) in [4.78, 5) is 55.0. The maximum Gasteiger partial charge on any atom is 0.328 e. The number of benzene rings is 1. The van der Waals surface area contributed by atoms with E-state index in [9.17, 15) is 19.2 Å². The van der Waals surface area contributed by atoms with Crippen molar-refractivity contribution in [2.75, 3.05) is 20.8 Å². The molecule has 2 N–H and O–H groups in total. The fourth-order valence-corrected chi connectivity index (χ4v) is 5.31. The fourth-order valence-electron chi connectivity index (χ4n) is 5.31. The summed E-state index contributed by atoms with van der Waals surface area (Å²) in [5.41, 5.74) is 0.0632. The highest BCUT2D eigenvalue weighted by Crippen LogP contribution is 2.39. The van der Waals surface area contributed by atoms with Crippen molar-refractivity contribution in [2.24, 2.45) is 5.92 Å². The monoisotopic (exact) mass is 635 g/mol. The highest BCUT2D eigenvalue weighted by atomic mass is 16.8. The molecule has 0 bridgehead atoms. The molecule has 252 valence electrons. The molecule has 13 nitrogen and oxygen atoms in total. The largest absolute Gasteiger partial charge is 0.467 e. The summed E-state index contributed by atoms with van der Waals surface area (Å²) < 4.78 is 34.2. The molecular weight excluding hydrogens is 586 g/mol. The van der Waals surface area contributed by atoms with Crippen molar-refractivity contribution in [3.63, 3.8) is 0 Å². The van der Waals surface area contributed by atoms with Crippen molar-refractivity contribution >= 4 is 23.9 Å². The summed E-state index contributed by atoms with van der Waals surface area (Å²) in [5, 5.41) is 5.60. The molecular formula is C32H49N3O10. The topological polar surface area (TPSA) is 151 Å². The quantitative estimate of drug-likeness (QED) is 0.310. The molecule has 0 spiro atoms. The number of amides is 3. The number of carbonyl (C=O) groups excluding carboxylic acids is 4. The van der Waals surface area contributed by atoms with E-state index in [4.69, 9.17) is 28.4 Å². The van der Waals surface area contributed by atoms with E-state index in [1.54, 1.807) is 46.8 Å². The Morgan fingerprint density at radius 3 is 2.24 bits per heavy atom. The summed E-state index contributed by atoms with van der Waals surface area (Å²) in [6.07, 6.45) is -3.00. The van der Waals surface area contributed by atoms with Crippen molar-refractivity contribution < 1.29 is 47.6 Å². The minimum atomic E-state index is -1.39. The molecule has 6 atom stereocenters. The first-order valence-electron chi connectivity index (χ1n) is 15.2. The number of fused-ring (bicyclic) bond motifs is 1. The molecule has 1 aromatic carbocycles. The zero-order chi connectivity index (χ0) is 33.5. The van der Waals surface area contributed by atoms with Gasteiger partial charge in [0, 0.05) is 12.6 Å². The number of nitrogens with one attached hydrogen (secondary N) is 2. The second-order valence-corrected chi connectivity index (χ2v) is 13.3. The van der Waals surface area contributed by atoms with E-state index in [2.05, 4.69) is 10.6 Å². The van der Waals surface area contributed by atoms with E-state index in [0.717, 1.165) is 5.56 Å². The molecule has 0 saturated carbocycles. The predicted molar refractivity (Wildman–Crippen MR) is 163 cm³/mol. The van der Waals surface area contributed by atoms with Crippen molar-refractivity contribution in [1.29, 1.82) is 0 Å². The van der Waals surface area contributed by atoms with Gasteiger partial charge in [0.2, 0.25) is 5.91 Å². The number of hydrogen-bond acceptors (Lipinski definition) is 10. The van der Waals surface area contributed by atoms with E-state index < -0.39 is 78.3 Å². The van der Waals surface area contributed by atoms with Crippen LogP contribution in [0.5, 0.6) is 0 Å². The minimum absolute atomic E-state index is 0.0222. The number of nitrogens with zero attached hydrogens (tertiary/aromatic N) is 1. The van der Waals surface area contributed by atoms with Crippen LogP contribution in [0.1, 0.15) is 66.9 Å². The lowest BCUT2D eigenvalue weighted by Crippen LogP contribution is -2.60. The van der Waals surface area contributed by atoms with Gasteiger partial charge in [0.05, 0.1) is 20.1 Å². The molecule has 2 fully saturated rings. The van der Waals surface area contributed by atoms with Crippen molar-refractivity contribution in [1.82, 2.24) is 15.5 Å². The van der Waals surface area contributed by atoms with E-state index in [1.165, 1.54) is 19.1 Å². The molecule has 13 heteroatoms. The first-order valence-corrected chi connectivity index (χ1v) is 15.2. The minimum Gasteiger partial charge on any atom is -0.467 e. The maximum absolute atomic E-state index is 14.0. The number of urea groups is 1. The van der Waals surface area contributed by atoms with Crippen molar-refractivity contribution in [2.45, 2.75) is 116 Å². The lowest BCUT2D eigenvalue weighted by molar-refractivity contribution is -0.228. The van der Waals surface area contributed by atoms with Crippen LogP contribution in [0, 0.1) is 5.92 Å². The third kappa shape index (κ3) is 10.4. The van der Waals surface area contributed by atoms with E-state index in [0.29, 0.717) is 0 Å². The Bertz CT molecular complexity index is 1170. The molecule has 0 radical (unpaired) electrons. The van der Waals surface area contributed by atoms with Gasteiger partial charge in [0.15, 0.2) is 12.1 Å². The molecule has 45 heavy (non-hydrogen) atoms. The maximum atomic E-state index is 14.0. The Morgan fingerprint density at radius 1 is 1.02 bits per heavy atom. The van der Waals surface area contributed by atoms with Crippen LogP contribution in [-0.2, 0) is 49.4 Å². The first-order chi connectivity index (χ1) is 21.0. The molecule has 2 saturated heterocycles. The van der Waals surface area contributed by atoms with E-state index in [-0.39, 0.29) is 25.5 Å². The van der Waals surface area contributed by atoms with Crippen molar-refractivity contribution in [3.8, 4) is 0 Å². The highest BCUT2D eigenvalue weighted by molar-refractivity contribution is 5.93. The summed E-state index contributed by atoms with van der Waals surface area (Å²) in [6.45, 7) is 12.5. The third-order valence-corrected chi connectivity index (χ3v) is 7.25. The van der Waals surface area contributed by atoms with Gasteiger partial charge < -0.3 is 44.0 Å². The smallest absolute Gasteiger partial charge is 0.328 e. The lowest BCUT2D eigenvalue weighted by atomic mass is 10.0. The highest BCUT2D eigenvalue weighted by Gasteiger charge is 2.56. The Labute approximate surface area is 265 Å². The summed E-state index contributed by atoms with van der Waals surface area (Å²) >= 11 is 0. The zero-order valence-corrected chi connectivity index (χ0v) is 27.8. The predicted octanol–water partition coefficient (Wildman–Crippen LogP) is 2.89. The summed E-state index contributed by atoms with van der Waals surface area (Å²) in [6, 6.07) is 6.06. The second-order valence-electron chi connectivity index (χ2n) is 13.3. The van der Waals surface area contributed by atoms with Gasteiger partial charge >= 0.3 is 18.0 Å². The molecule has 2 aliphatic heterocycles. The molecule has 3 amide bonds. The number of methoxy groups -OCH3 is 2. The number of ether oxygens (including phenoxy) is 6. The van der Waals surface area contributed by atoms with Crippen LogP contribution in [-0.4, -0.2) is 97.6 Å². The van der Waals surface area contributed by atoms with Crippen LogP contribution in [0.2, 0.25) is 0 Å². The fraction of sp³-hybridized carbons (Fsp3) is 0.688. The van der Waals surface area contributed by atoms with Crippen LogP contribution >= 0.6 is 0 Å². The van der Waals surface area contributed by atoms with Gasteiger partial charge in [0.1, 0.15) is 37.0 Å². The van der Waals surface area contributed by atoms with Gasteiger partial charge in [-0.25, -0.2) is 9.59 Å². The van der Waals surface area contributed by atoms with Crippen LogP contribution in [0.3, 0.4) is 0 Å². The Hall–Kier alpha value is -3.26. The van der Waals surface area contributed by atoms with Crippen LogP contribution in [0.4, 0.5) is 4.79 Å². The van der Waals surface area contributed by atoms with Gasteiger partial charge in [0.25, 0.3) is 0 Å². The van der Waals surface area contributed by atoms with Crippen LogP contribution < -0.4 is 10.6 Å². The van der Waals surface area contributed by atoms with Crippen LogP contribution in [0.25, 0.3) is 0 Å². The summed E-state index contributed by atoms with van der Waals surface area (Å²) in [7, 11) is 2.71. The number of hydrogen-bond donors (Lipinski definition) is 2. The van der Waals surface area contributed by atoms with E-state index >= 15 is 0 Å². The van der Waals surface area contributed by atoms with Gasteiger partial charge in [-0.3, -0.25) is 9.59 Å². The van der Waals surface area contributed by atoms with Crippen LogP contribution in [0.15, 0.2) is 30.3 Å². The molecule has 1 unspecified atom stereocenters. The Balaban J connectivity index is 1.96. The lowest BCUT2D eigenvalue weighted by Gasteiger charge is -2.36. The molecule has 0 aromatic heterocycles. The molecule has 2 heterocycles. The SMILES string of the molecule is COC(=O)[C@H](CC(C)C)NC(=O)C(CC(=O)OCc1ccccc1)N(C[C@H]1O[C@@H](OC)[C@@H]2OC(C)(C)O[C@@H]21)C(=O)NC(C)(C)C. The normalized spacial score (nSPS) is 23.5. The standard InChI is InChI=1S/C32H49N3O10/c1-19(2)15-21(28(38)40-8)33-27(37)22(16-24(36)42-18-20-13-11-10-12-14-20)35(30(39)34-31(3,4)5)17-23-25-26(29(41-9)43-23)45-32(6,7)44-25/h10-14,19,21-23,25-26,29H,15-18H2,1-9H3,(H,33,37)(H,34,39)/t21-,22?,23+,25+,26+,29+/m0/s1. The van der Waals surface area contributed by atoms with Gasteiger partial charge in [-0.15, -0.1) is 0 Å². The molecule has 2 aliphatic rings. The second kappa shape index (κ2) is 15.4. The molecule has 0 aliphatic carbocycles. The molecule has 1 aromatic rings. The number of carbonyl (C=O) groups is 4. The molecule has 3 rings (SSSR count). The Kier molecular flexibility index (Phi) is 12.4. The van der Waals surface area contributed by atoms with E-state index in [1.807, 2.05) is 32.0 Å². The third-order valence-electron chi connectivity index (χ3n) is 7.25. The van der Waals surface area contributed by atoms with Gasteiger partial charge in [-0.2, -0.15) is 0 Å². The average molecular weight is 636 g/mol. The number of rotatable bonds is 13.